The fourth-order valence-electron chi connectivity index (χ4n) is 3.19. The van der Waals surface area contributed by atoms with Crippen molar-refractivity contribution < 1.29 is 14.3 Å². The maximum Gasteiger partial charge on any atom is 0.258 e. The normalized spacial score (nSPS) is 16.6. The highest BCUT2D eigenvalue weighted by molar-refractivity contribution is 6.30. The lowest BCUT2D eigenvalue weighted by Crippen LogP contribution is -2.34. The van der Waals surface area contributed by atoms with Gasteiger partial charge in [-0.15, -0.1) is 0 Å². The number of nitrogens with zero attached hydrogens (tertiary/aromatic N) is 2. The third kappa shape index (κ3) is 7.72. The zero-order valence-corrected chi connectivity index (χ0v) is 17.7. The quantitative estimate of drug-likeness (QED) is 0.574. The molecule has 1 aromatic heterocycles. The fraction of sp³-hybridized carbons (Fsp3) is 0.429. The molecule has 2 aromatic rings. The second-order valence-corrected chi connectivity index (χ2v) is 7.89. The van der Waals surface area contributed by atoms with Gasteiger partial charge in [0.1, 0.15) is 5.75 Å². The number of amides is 1. The Balaban J connectivity index is 1.25. The van der Waals surface area contributed by atoms with Crippen LogP contribution in [0.2, 0.25) is 10.0 Å². The van der Waals surface area contributed by atoms with Crippen LogP contribution in [0.4, 0.5) is 0 Å². The number of carbonyl (C=O) groups excluding carboxylic acids is 1. The van der Waals surface area contributed by atoms with Crippen molar-refractivity contribution in [2.45, 2.75) is 12.8 Å². The van der Waals surface area contributed by atoms with E-state index in [2.05, 4.69) is 15.2 Å². The van der Waals surface area contributed by atoms with E-state index in [9.17, 15) is 4.79 Å². The van der Waals surface area contributed by atoms with Crippen LogP contribution in [0, 0.1) is 5.92 Å². The van der Waals surface area contributed by atoms with Gasteiger partial charge >= 0.3 is 0 Å². The molecule has 1 aliphatic heterocycles. The highest BCUT2D eigenvalue weighted by atomic mass is 35.5. The predicted molar refractivity (Wildman–Crippen MR) is 114 cm³/mol. The number of benzene rings is 1. The number of likely N-dealkylation sites (tertiary alicyclic amines) is 1. The zero-order chi connectivity index (χ0) is 20.5. The molecule has 1 unspecified atom stereocenters. The summed E-state index contributed by atoms with van der Waals surface area (Å²) in [5.74, 6) is 1.55. The predicted octanol–water partition coefficient (Wildman–Crippen LogP) is 3.67. The highest BCUT2D eigenvalue weighted by Crippen LogP contribution is 2.17. The lowest BCUT2D eigenvalue weighted by Gasteiger charge is -2.16. The average Bonchev–Trinajstić information content (AvgIpc) is 3.18. The minimum atomic E-state index is -0.142. The largest absolute Gasteiger partial charge is 0.494 e. The summed E-state index contributed by atoms with van der Waals surface area (Å²) in [6.07, 6.45) is 3.53. The van der Waals surface area contributed by atoms with Crippen molar-refractivity contribution in [1.82, 2.24) is 15.2 Å². The van der Waals surface area contributed by atoms with Gasteiger partial charge in [-0.1, -0.05) is 23.2 Å². The molecular weight excluding hydrogens is 413 g/mol. The van der Waals surface area contributed by atoms with E-state index in [1.54, 1.807) is 12.1 Å². The van der Waals surface area contributed by atoms with E-state index < -0.39 is 0 Å². The molecule has 6 nitrogen and oxygen atoms in total. The van der Waals surface area contributed by atoms with E-state index in [1.807, 2.05) is 24.3 Å². The van der Waals surface area contributed by atoms with Crippen molar-refractivity contribution in [3.8, 4) is 11.6 Å². The van der Waals surface area contributed by atoms with Gasteiger partial charge in [-0.3, -0.25) is 4.79 Å². The van der Waals surface area contributed by atoms with Crippen LogP contribution in [0.3, 0.4) is 0 Å². The summed E-state index contributed by atoms with van der Waals surface area (Å²) in [6, 6.07) is 10.7. The number of nitrogens with one attached hydrogen (secondary N) is 1. The Morgan fingerprint density at radius 1 is 1.14 bits per heavy atom. The Bertz CT molecular complexity index is 772. The van der Waals surface area contributed by atoms with Crippen LogP contribution in [0.25, 0.3) is 0 Å². The second kappa shape index (κ2) is 11.2. The molecule has 1 N–H and O–H groups in total. The van der Waals surface area contributed by atoms with E-state index >= 15 is 0 Å². The van der Waals surface area contributed by atoms with E-state index in [4.69, 9.17) is 32.7 Å². The summed E-state index contributed by atoms with van der Waals surface area (Å²) in [4.78, 5) is 18.4. The highest BCUT2D eigenvalue weighted by Gasteiger charge is 2.22. The van der Waals surface area contributed by atoms with Gasteiger partial charge in [0.15, 0.2) is 6.61 Å². The molecule has 1 fully saturated rings. The zero-order valence-electron chi connectivity index (χ0n) is 16.2. The Morgan fingerprint density at radius 2 is 1.93 bits per heavy atom. The number of pyridine rings is 1. The van der Waals surface area contributed by atoms with Crippen LogP contribution in [0.1, 0.15) is 12.8 Å². The molecule has 0 saturated carbocycles. The molecular formula is C21H25Cl2N3O3. The first-order chi connectivity index (χ1) is 14.1. The Morgan fingerprint density at radius 3 is 2.69 bits per heavy atom. The summed E-state index contributed by atoms with van der Waals surface area (Å²) in [6.45, 7) is 4.31. The van der Waals surface area contributed by atoms with Gasteiger partial charge in [-0.25, -0.2) is 4.98 Å². The van der Waals surface area contributed by atoms with E-state index in [0.717, 1.165) is 38.2 Å². The Hall–Kier alpha value is -2.02. The minimum absolute atomic E-state index is 0.0485. The Labute approximate surface area is 181 Å². The molecule has 29 heavy (non-hydrogen) atoms. The maximum atomic E-state index is 12.0. The molecule has 0 spiro atoms. The topological polar surface area (TPSA) is 63.7 Å². The molecule has 3 rings (SSSR count). The molecule has 0 bridgehead atoms. The number of rotatable bonds is 10. The van der Waals surface area contributed by atoms with Crippen molar-refractivity contribution >= 4 is 29.1 Å². The monoisotopic (exact) mass is 437 g/mol. The Kier molecular flexibility index (Phi) is 8.40. The standard InChI is InChI=1S/C21H25Cl2N3O3/c22-17-2-5-19(6-3-17)28-11-1-9-26-10-8-16(14-26)12-24-20(27)15-29-21-7-4-18(23)13-25-21/h2-7,13,16H,1,8-12,14-15H2,(H,24,27). The summed E-state index contributed by atoms with van der Waals surface area (Å²) in [7, 11) is 0. The molecule has 0 aliphatic carbocycles. The first-order valence-corrected chi connectivity index (χ1v) is 10.5. The minimum Gasteiger partial charge on any atom is -0.494 e. The second-order valence-electron chi connectivity index (χ2n) is 7.02. The van der Waals surface area contributed by atoms with Gasteiger partial charge in [0.05, 0.1) is 11.6 Å². The number of carbonyl (C=O) groups is 1. The maximum absolute atomic E-state index is 12.0. The van der Waals surface area contributed by atoms with Crippen LogP contribution >= 0.6 is 23.2 Å². The molecule has 1 saturated heterocycles. The first-order valence-electron chi connectivity index (χ1n) is 9.70. The van der Waals surface area contributed by atoms with Gasteiger partial charge < -0.3 is 19.7 Å². The van der Waals surface area contributed by atoms with E-state index in [0.29, 0.717) is 35.0 Å². The molecule has 1 aromatic carbocycles. The van der Waals surface area contributed by atoms with E-state index in [-0.39, 0.29) is 12.5 Å². The summed E-state index contributed by atoms with van der Waals surface area (Å²) < 4.78 is 11.1. The summed E-state index contributed by atoms with van der Waals surface area (Å²) in [5, 5.41) is 4.18. The van der Waals surface area contributed by atoms with Crippen LogP contribution in [0.15, 0.2) is 42.6 Å². The molecule has 1 aliphatic rings. The van der Waals surface area contributed by atoms with Gasteiger partial charge in [-0.05, 0) is 55.6 Å². The SMILES string of the molecule is O=C(COc1ccc(Cl)cn1)NCC1CCN(CCCOc2ccc(Cl)cc2)C1. The van der Waals surface area contributed by atoms with Crippen LogP contribution < -0.4 is 14.8 Å². The number of halogens is 2. The van der Waals surface area contributed by atoms with Gasteiger partial charge in [0.25, 0.3) is 5.91 Å². The number of ether oxygens (including phenoxy) is 2. The summed E-state index contributed by atoms with van der Waals surface area (Å²) >= 11 is 11.6. The van der Waals surface area contributed by atoms with Crippen LogP contribution in [-0.2, 0) is 4.79 Å². The van der Waals surface area contributed by atoms with Crippen LogP contribution in [-0.4, -0.2) is 55.2 Å². The third-order valence-corrected chi connectivity index (χ3v) is 5.19. The van der Waals surface area contributed by atoms with Gasteiger partial charge in [0, 0.05) is 36.9 Å². The molecule has 0 radical (unpaired) electrons. The van der Waals surface area contributed by atoms with E-state index in [1.165, 1.54) is 6.20 Å². The first kappa shape index (κ1) is 21.7. The van der Waals surface area contributed by atoms with Crippen molar-refractivity contribution in [1.29, 1.82) is 0 Å². The average molecular weight is 438 g/mol. The van der Waals surface area contributed by atoms with Crippen LogP contribution in [0.5, 0.6) is 11.6 Å². The lowest BCUT2D eigenvalue weighted by molar-refractivity contribution is -0.123. The molecule has 8 heteroatoms. The van der Waals surface area contributed by atoms with Crippen molar-refractivity contribution in [3.05, 3.63) is 52.6 Å². The molecule has 1 amide bonds. The number of hydrogen-bond donors (Lipinski definition) is 1. The van der Waals surface area contributed by atoms with Crippen molar-refractivity contribution in [2.75, 3.05) is 39.4 Å². The number of hydrogen-bond acceptors (Lipinski definition) is 5. The lowest BCUT2D eigenvalue weighted by atomic mass is 10.1. The van der Waals surface area contributed by atoms with Gasteiger partial charge in [0.2, 0.25) is 5.88 Å². The fourth-order valence-corrected chi connectivity index (χ4v) is 3.43. The smallest absolute Gasteiger partial charge is 0.258 e. The molecule has 1 atom stereocenters. The third-order valence-electron chi connectivity index (χ3n) is 4.71. The summed E-state index contributed by atoms with van der Waals surface area (Å²) in [5.41, 5.74) is 0. The molecule has 2 heterocycles. The number of aromatic nitrogens is 1. The van der Waals surface area contributed by atoms with Gasteiger partial charge in [-0.2, -0.15) is 0 Å². The van der Waals surface area contributed by atoms with Crippen molar-refractivity contribution in [3.63, 3.8) is 0 Å². The molecule has 156 valence electrons. The van der Waals surface area contributed by atoms with Crippen molar-refractivity contribution in [2.24, 2.45) is 5.92 Å².